The summed E-state index contributed by atoms with van der Waals surface area (Å²) in [5.74, 6) is 0. The van der Waals surface area contributed by atoms with Crippen LogP contribution in [0.4, 0.5) is 18.9 Å². The second kappa shape index (κ2) is 11.4. The van der Waals surface area contributed by atoms with Crippen molar-refractivity contribution in [2.24, 2.45) is 0 Å². The third-order valence-electron chi connectivity index (χ3n) is 9.31. The minimum atomic E-state index is -4.61. The monoisotopic (exact) mass is 636 g/mol. The molecule has 1 aromatic carbocycles. The predicted octanol–water partition coefficient (Wildman–Crippen LogP) is 4.12. The van der Waals surface area contributed by atoms with Gasteiger partial charge in [-0.25, -0.2) is 4.79 Å². The average Bonchev–Trinajstić information content (AvgIpc) is 3.65. The van der Waals surface area contributed by atoms with Gasteiger partial charge >= 0.3 is 11.9 Å². The smallest absolute Gasteiger partial charge is 0.391 e. The van der Waals surface area contributed by atoms with E-state index in [9.17, 15) is 33.1 Å². The quantitative estimate of drug-likeness (QED) is 0.340. The highest BCUT2D eigenvalue weighted by atomic mass is 32.1. The Kier molecular flexibility index (Phi) is 7.54. The lowest BCUT2D eigenvalue weighted by Gasteiger charge is -2.41. The van der Waals surface area contributed by atoms with Crippen LogP contribution in [0, 0.1) is 11.3 Å². The topological polar surface area (TPSA) is 107 Å². The maximum atomic E-state index is 13.0. The van der Waals surface area contributed by atoms with Crippen LogP contribution in [0.15, 0.2) is 52.3 Å². The molecular formula is C32H31F3N6O3S. The molecule has 3 aromatic heterocycles. The van der Waals surface area contributed by atoms with E-state index in [1.54, 1.807) is 12.3 Å². The molecule has 1 saturated heterocycles. The van der Waals surface area contributed by atoms with Gasteiger partial charge in [0.1, 0.15) is 6.54 Å². The molecule has 4 aromatic rings. The third kappa shape index (κ3) is 5.55. The van der Waals surface area contributed by atoms with Gasteiger partial charge in [-0.1, -0.05) is 0 Å². The number of halogens is 3. The fraction of sp³-hybridized carbons (Fsp3) is 0.438. The van der Waals surface area contributed by atoms with Crippen molar-refractivity contribution < 1.29 is 18.3 Å². The molecule has 2 aliphatic heterocycles. The highest BCUT2D eigenvalue weighted by molar-refractivity contribution is 7.19. The maximum absolute atomic E-state index is 13.0. The van der Waals surface area contributed by atoms with Crippen molar-refractivity contribution in [3.8, 4) is 17.2 Å². The molecule has 234 valence electrons. The number of pyridine rings is 1. The first-order chi connectivity index (χ1) is 21.6. The van der Waals surface area contributed by atoms with E-state index in [-0.39, 0.29) is 24.7 Å². The first-order valence-electron chi connectivity index (χ1n) is 15.1. The van der Waals surface area contributed by atoms with Gasteiger partial charge in [0.2, 0.25) is 0 Å². The summed E-state index contributed by atoms with van der Waals surface area (Å²) >= 11 is 1.33. The van der Waals surface area contributed by atoms with Crippen molar-refractivity contribution in [2.75, 3.05) is 24.5 Å². The zero-order valence-corrected chi connectivity index (χ0v) is 25.2. The lowest BCUT2D eigenvalue weighted by molar-refractivity contribution is -0.141. The van der Waals surface area contributed by atoms with Gasteiger partial charge in [0.15, 0.2) is 0 Å². The summed E-state index contributed by atoms with van der Waals surface area (Å²) in [6.45, 7) is 1.00. The molecule has 0 amide bonds. The van der Waals surface area contributed by atoms with Crippen LogP contribution < -0.4 is 16.1 Å². The van der Waals surface area contributed by atoms with Crippen LogP contribution in [0.3, 0.4) is 0 Å². The number of hydrogen-bond acceptors (Lipinski definition) is 8. The Morgan fingerprint density at radius 1 is 1.09 bits per heavy atom. The number of nitrogens with zero attached hydrogens (tertiary/aromatic N) is 6. The number of benzene rings is 1. The maximum Gasteiger partial charge on any atom is 0.406 e. The van der Waals surface area contributed by atoms with Gasteiger partial charge in [0.05, 0.1) is 34.5 Å². The fourth-order valence-corrected chi connectivity index (χ4v) is 8.21. The van der Waals surface area contributed by atoms with E-state index in [1.807, 2.05) is 18.2 Å². The zero-order chi connectivity index (χ0) is 31.5. The van der Waals surface area contributed by atoms with E-state index in [1.165, 1.54) is 11.3 Å². The Labute approximate surface area is 260 Å². The Bertz CT molecular complexity index is 1940. The summed E-state index contributed by atoms with van der Waals surface area (Å²) < 4.78 is 41.2. The minimum absolute atomic E-state index is 0.190. The van der Waals surface area contributed by atoms with Crippen LogP contribution in [-0.2, 0) is 19.5 Å². The highest BCUT2D eigenvalue weighted by Crippen LogP contribution is 2.44. The largest absolute Gasteiger partial charge is 0.406 e. The Morgan fingerprint density at radius 3 is 2.67 bits per heavy atom. The van der Waals surface area contributed by atoms with E-state index >= 15 is 0 Å². The number of likely N-dealkylation sites (tertiary alicyclic amines) is 1. The van der Waals surface area contributed by atoms with Crippen LogP contribution >= 0.6 is 11.3 Å². The summed E-state index contributed by atoms with van der Waals surface area (Å²) in [6.07, 6.45) is 2.35. The van der Waals surface area contributed by atoms with Crippen molar-refractivity contribution in [3.05, 3.63) is 79.6 Å². The molecule has 0 bridgehead atoms. The van der Waals surface area contributed by atoms with Gasteiger partial charge in [-0.2, -0.15) is 18.4 Å². The fourth-order valence-electron chi connectivity index (χ4n) is 7.07. The lowest BCUT2D eigenvalue weighted by atomic mass is 9.88. The van der Waals surface area contributed by atoms with Gasteiger partial charge in [-0.3, -0.25) is 23.8 Å². The van der Waals surface area contributed by atoms with Gasteiger partial charge in [-0.05, 0) is 61.9 Å². The van der Waals surface area contributed by atoms with Crippen LogP contribution in [0.1, 0.15) is 41.7 Å². The number of aliphatic hydroxyl groups excluding tert-OH is 1. The zero-order valence-electron chi connectivity index (χ0n) is 24.3. The standard InChI is InChI=1S/C32H31F3N6O3S/c33-32(34,35)18-39-11-7-28(43)41(31(39)44)17-22-14-25-30(45-22)23(5-8-37-25)24-13-19(15-36)12-20-2-1-9-40(29(20)24)21-6-10-38(16-21)26-3-4-27(26)42/h5,7-8,11-14,21,26-27,42H,1-4,6,9-10,16-18H2/t21-,26+,27+/m0/s1. The Morgan fingerprint density at radius 2 is 1.93 bits per heavy atom. The van der Waals surface area contributed by atoms with E-state index in [0.717, 1.165) is 95.6 Å². The van der Waals surface area contributed by atoms with Crippen LogP contribution in [0.2, 0.25) is 0 Å². The van der Waals surface area contributed by atoms with Gasteiger partial charge in [0.25, 0.3) is 5.56 Å². The van der Waals surface area contributed by atoms with E-state index < -0.39 is 24.0 Å². The number of aryl methyl sites for hydroxylation is 1. The van der Waals surface area contributed by atoms with Crippen molar-refractivity contribution >= 4 is 27.2 Å². The van der Waals surface area contributed by atoms with Crippen LogP contribution in [0.25, 0.3) is 21.3 Å². The van der Waals surface area contributed by atoms with E-state index in [2.05, 4.69) is 20.9 Å². The predicted molar refractivity (Wildman–Crippen MR) is 165 cm³/mol. The first kappa shape index (κ1) is 29.7. The number of hydrogen-bond donors (Lipinski definition) is 1. The third-order valence-corrected chi connectivity index (χ3v) is 10.5. The summed E-state index contributed by atoms with van der Waals surface area (Å²) in [5, 5.41) is 20.2. The van der Waals surface area contributed by atoms with Crippen molar-refractivity contribution in [1.29, 1.82) is 5.26 Å². The van der Waals surface area contributed by atoms with Crippen LogP contribution in [-0.4, -0.2) is 68.1 Å². The van der Waals surface area contributed by atoms with E-state index in [0.29, 0.717) is 20.5 Å². The average molecular weight is 637 g/mol. The number of aliphatic hydroxyl groups is 1. The number of aromatic nitrogens is 3. The molecule has 1 aliphatic carbocycles. The summed E-state index contributed by atoms with van der Waals surface area (Å²) in [7, 11) is 0. The first-order valence-corrected chi connectivity index (χ1v) is 15.9. The van der Waals surface area contributed by atoms with Crippen molar-refractivity contribution in [3.63, 3.8) is 0 Å². The highest BCUT2D eigenvalue weighted by Gasteiger charge is 2.40. The van der Waals surface area contributed by atoms with Gasteiger partial charge in [0, 0.05) is 71.9 Å². The van der Waals surface area contributed by atoms with E-state index in [4.69, 9.17) is 0 Å². The molecule has 3 atom stereocenters. The molecule has 0 unspecified atom stereocenters. The summed E-state index contributed by atoms with van der Waals surface area (Å²) in [4.78, 5) is 35.4. The van der Waals surface area contributed by atoms with Crippen molar-refractivity contribution in [1.82, 2.24) is 19.0 Å². The Hall–Kier alpha value is -3.99. The molecule has 1 saturated carbocycles. The summed E-state index contributed by atoms with van der Waals surface area (Å²) in [5.41, 5.74) is 3.47. The molecule has 7 rings (SSSR count). The number of rotatable bonds is 6. The lowest BCUT2D eigenvalue weighted by Crippen LogP contribution is -2.51. The summed E-state index contributed by atoms with van der Waals surface area (Å²) in [6, 6.07) is 11.3. The number of thiophene rings is 1. The molecule has 13 heteroatoms. The molecule has 5 heterocycles. The molecule has 2 fully saturated rings. The number of alkyl halides is 3. The second-order valence-corrected chi connectivity index (χ2v) is 13.3. The second-order valence-electron chi connectivity index (χ2n) is 12.1. The number of fused-ring (bicyclic) bond motifs is 2. The Balaban J connectivity index is 1.28. The van der Waals surface area contributed by atoms with Gasteiger partial charge < -0.3 is 10.0 Å². The molecule has 45 heavy (non-hydrogen) atoms. The molecule has 9 nitrogen and oxygen atoms in total. The molecule has 0 radical (unpaired) electrons. The molecular weight excluding hydrogens is 605 g/mol. The molecule has 3 aliphatic rings. The van der Waals surface area contributed by atoms with Crippen LogP contribution in [0.5, 0.6) is 0 Å². The SMILES string of the molecule is N#Cc1cc2c(c(-c3ccnc4cc(Cn5c(=O)ccn(CC(F)(F)F)c5=O)sc34)c1)N([C@H]1CCN([C@@H]3CC[C@H]3O)C1)CCC2. The normalized spacial score (nSPS) is 21.9. The molecule has 0 spiro atoms. The molecule has 1 N–H and O–H groups in total. The number of nitriles is 1. The van der Waals surface area contributed by atoms with Gasteiger partial charge in [-0.15, -0.1) is 11.3 Å². The minimum Gasteiger partial charge on any atom is -0.391 e. The number of anilines is 1. The van der Waals surface area contributed by atoms with Crippen molar-refractivity contribution in [2.45, 2.75) is 69.6 Å².